The van der Waals surface area contributed by atoms with E-state index in [2.05, 4.69) is 15.5 Å². The highest BCUT2D eigenvalue weighted by Crippen LogP contribution is 2.18. The Morgan fingerprint density at radius 3 is 2.69 bits per heavy atom. The molecule has 136 valence electrons. The van der Waals surface area contributed by atoms with E-state index in [0.717, 1.165) is 4.57 Å². The van der Waals surface area contributed by atoms with Gasteiger partial charge in [-0.15, -0.1) is 0 Å². The number of fused-ring (bicyclic) bond motifs is 1. The second kappa shape index (κ2) is 6.75. The first-order chi connectivity index (χ1) is 12.4. The number of nitrogens with zero attached hydrogens (tertiary/aromatic N) is 5. The smallest absolute Gasteiger partial charge is 0.303 e. The zero-order valence-corrected chi connectivity index (χ0v) is 15.1. The number of hydrogen-bond donors (Lipinski definition) is 1. The standard InChI is InChI=1S/C16H16ClFN6O2/c1-4-24-12-13(22(2)16(26)23(3)14(12)25)20-15(24)21-19-8-9-10(17)6-5-7-11(9)18/h5-8H,4H2,1-3H3,(H,20,21)/b19-8-. The molecule has 10 heteroatoms. The fraction of sp³-hybridized carbons (Fsp3) is 0.250. The maximum Gasteiger partial charge on any atom is 0.332 e. The van der Waals surface area contributed by atoms with Crippen LogP contribution in [0.3, 0.4) is 0 Å². The van der Waals surface area contributed by atoms with Crippen LogP contribution in [0, 0.1) is 5.82 Å². The lowest BCUT2D eigenvalue weighted by Gasteiger charge is -2.06. The lowest BCUT2D eigenvalue weighted by Crippen LogP contribution is -2.37. The van der Waals surface area contributed by atoms with Gasteiger partial charge in [0.25, 0.3) is 5.56 Å². The van der Waals surface area contributed by atoms with Crippen molar-refractivity contribution in [1.82, 2.24) is 18.7 Å². The summed E-state index contributed by atoms with van der Waals surface area (Å²) < 4.78 is 17.7. The molecule has 3 rings (SSSR count). The summed E-state index contributed by atoms with van der Waals surface area (Å²) in [4.78, 5) is 28.8. The van der Waals surface area contributed by atoms with E-state index in [1.807, 2.05) is 6.92 Å². The van der Waals surface area contributed by atoms with Gasteiger partial charge < -0.3 is 4.57 Å². The van der Waals surface area contributed by atoms with Gasteiger partial charge in [0.1, 0.15) is 5.82 Å². The number of rotatable bonds is 4. The van der Waals surface area contributed by atoms with Crippen LogP contribution in [-0.4, -0.2) is 24.9 Å². The SMILES string of the molecule is CCn1c(N/N=C\c2c(F)cccc2Cl)nc2c1c(=O)n(C)c(=O)n2C. The van der Waals surface area contributed by atoms with Gasteiger partial charge in [-0.25, -0.2) is 14.6 Å². The van der Waals surface area contributed by atoms with Gasteiger partial charge in [0.05, 0.1) is 11.2 Å². The van der Waals surface area contributed by atoms with E-state index < -0.39 is 17.1 Å². The Morgan fingerprint density at radius 2 is 2.04 bits per heavy atom. The lowest BCUT2D eigenvalue weighted by molar-refractivity contribution is 0.626. The van der Waals surface area contributed by atoms with Crippen molar-refractivity contribution in [2.24, 2.45) is 19.2 Å². The molecule has 0 amide bonds. The fourth-order valence-corrected chi connectivity index (χ4v) is 2.84. The molecule has 0 radical (unpaired) electrons. The van der Waals surface area contributed by atoms with Gasteiger partial charge in [0, 0.05) is 26.2 Å². The topological polar surface area (TPSA) is 86.2 Å². The average Bonchev–Trinajstić information content (AvgIpc) is 2.99. The van der Waals surface area contributed by atoms with Crippen molar-refractivity contribution >= 4 is 34.9 Å². The number of hydrogen-bond acceptors (Lipinski definition) is 5. The second-order valence-electron chi connectivity index (χ2n) is 5.56. The molecule has 0 aliphatic rings. The Balaban J connectivity index is 2.08. The Bertz CT molecular complexity index is 1120. The largest absolute Gasteiger partial charge is 0.332 e. The predicted octanol–water partition coefficient (Wildman–Crippen LogP) is 1.69. The van der Waals surface area contributed by atoms with Crippen LogP contribution in [-0.2, 0) is 20.6 Å². The predicted molar refractivity (Wildman–Crippen MR) is 98.5 cm³/mol. The molecule has 2 aromatic heterocycles. The highest BCUT2D eigenvalue weighted by Gasteiger charge is 2.17. The molecule has 1 N–H and O–H groups in total. The van der Waals surface area contributed by atoms with Crippen molar-refractivity contribution < 1.29 is 4.39 Å². The first-order valence-corrected chi connectivity index (χ1v) is 8.14. The number of aryl methyl sites for hydroxylation is 2. The van der Waals surface area contributed by atoms with Gasteiger partial charge in [-0.05, 0) is 19.1 Å². The highest BCUT2D eigenvalue weighted by atomic mass is 35.5. The molecule has 0 aliphatic heterocycles. The number of imidazole rings is 1. The average molecular weight is 379 g/mol. The van der Waals surface area contributed by atoms with Crippen molar-refractivity contribution in [3.8, 4) is 0 Å². The summed E-state index contributed by atoms with van der Waals surface area (Å²) in [6.07, 6.45) is 1.23. The zero-order valence-electron chi connectivity index (χ0n) is 14.3. The quantitative estimate of drug-likeness (QED) is 0.553. The highest BCUT2D eigenvalue weighted by molar-refractivity contribution is 6.33. The monoisotopic (exact) mass is 378 g/mol. The molecular weight excluding hydrogens is 363 g/mol. The van der Waals surface area contributed by atoms with Crippen LogP contribution in [0.4, 0.5) is 10.3 Å². The van der Waals surface area contributed by atoms with Crippen molar-refractivity contribution in [3.05, 3.63) is 55.4 Å². The molecule has 26 heavy (non-hydrogen) atoms. The van der Waals surface area contributed by atoms with Crippen LogP contribution >= 0.6 is 11.6 Å². The summed E-state index contributed by atoms with van der Waals surface area (Å²) in [7, 11) is 2.94. The molecule has 0 aliphatic carbocycles. The second-order valence-corrected chi connectivity index (χ2v) is 5.97. The number of nitrogens with one attached hydrogen (secondary N) is 1. The number of halogens is 2. The number of hydrazone groups is 1. The summed E-state index contributed by atoms with van der Waals surface area (Å²) in [5.41, 5.74) is 2.40. The van der Waals surface area contributed by atoms with E-state index in [1.165, 1.54) is 37.0 Å². The van der Waals surface area contributed by atoms with E-state index in [0.29, 0.717) is 6.54 Å². The fourth-order valence-electron chi connectivity index (χ4n) is 2.63. The van der Waals surface area contributed by atoms with E-state index in [1.54, 1.807) is 10.6 Å². The number of aromatic nitrogens is 4. The van der Waals surface area contributed by atoms with E-state index in [9.17, 15) is 14.0 Å². The third-order valence-corrected chi connectivity index (χ3v) is 4.35. The summed E-state index contributed by atoms with van der Waals surface area (Å²) in [5, 5.41) is 4.18. The molecule has 0 saturated carbocycles. The summed E-state index contributed by atoms with van der Waals surface area (Å²) in [6, 6.07) is 4.32. The van der Waals surface area contributed by atoms with Gasteiger partial charge in [-0.2, -0.15) is 10.1 Å². The molecule has 0 saturated heterocycles. The first kappa shape index (κ1) is 17.9. The van der Waals surface area contributed by atoms with Gasteiger partial charge >= 0.3 is 5.69 Å². The minimum absolute atomic E-state index is 0.129. The van der Waals surface area contributed by atoms with Gasteiger partial charge in [0.15, 0.2) is 11.2 Å². The van der Waals surface area contributed by atoms with Crippen LogP contribution in [0.1, 0.15) is 12.5 Å². The van der Waals surface area contributed by atoms with Gasteiger partial charge in [-0.1, -0.05) is 17.7 Å². The summed E-state index contributed by atoms with van der Waals surface area (Å²) in [6.45, 7) is 2.25. The van der Waals surface area contributed by atoms with Crippen molar-refractivity contribution in [2.45, 2.75) is 13.5 Å². The summed E-state index contributed by atoms with van der Waals surface area (Å²) >= 11 is 5.95. The zero-order chi connectivity index (χ0) is 19.0. The van der Waals surface area contributed by atoms with E-state index in [-0.39, 0.29) is 27.7 Å². The van der Waals surface area contributed by atoms with Crippen molar-refractivity contribution in [3.63, 3.8) is 0 Å². The van der Waals surface area contributed by atoms with E-state index >= 15 is 0 Å². The molecule has 1 aromatic carbocycles. The molecule has 0 fully saturated rings. The maximum atomic E-state index is 13.8. The van der Waals surface area contributed by atoms with Crippen LogP contribution in [0.5, 0.6) is 0 Å². The Morgan fingerprint density at radius 1 is 1.31 bits per heavy atom. The molecule has 0 unspecified atom stereocenters. The molecule has 8 nitrogen and oxygen atoms in total. The van der Waals surface area contributed by atoms with Gasteiger partial charge in [-0.3, -0.25) is 13.9 Å². The molecule has 3 aromatic rings. The van der Waals surface area contributed by atoms with E-state index in [4.69, 9.17) is 11.6 Å². The van der Waals surface area contributed by atoms with Crippen LogP contribution in [0.2, 0.25) is 5.02 Å². The molecule has 0 bridgehead atoms. The summed E-state index contributed by atoms with van der Waals surface area (Å²) in [5.74, 6) is -0.257. The molecular formula is C16H16ClFN6O2. The molecule has 0 atom stereocenters. The maximum absolute atomic E-state index is 13.8. The van der Waals surface area contributed by atoms with Crippen molar-refractivity contribution in [2.75, 3.05) is 5.43 Å². The minimum atomic E-state index is -0.511. The van der Waals surface area contributed by atoms with Crippen LogP contribution in [0.15, 0.2) is 32.9 Å². The third-order valence-electron chi connectivity index (χ3n) is 4.02. The lowest BCUT2D eigenvalue weighted by atomic mass is 10.2. The Kier molecular flexibility index (Phi) is 4.64. The Hall–Kier alpha value is -2.94. The van der Waals surface area contributed by atoms with Crippen molar-refractivity contribution in [1.29, 1.82) is 0 Å². The number of benzene rings is 1. The first-order valence-electron chi connectivity index (χ1n) is 7.76. The minimum Gasteiger partial charge on any atom is -0.303 e. The molecule has 2 heterocycles. The Labute approximate surface area is 152 Å². The van der Waals surface area contributed by atoms with Crippen LogP contribution < -0.4 is 16.7 Å². The van der Waals surface area contributed by atoms with Gasteiger partial charge in [0.2, 0.25) is 5.95 Å². The van der Waals surface area contributed by atoms with Crippen LogP contribution in [0.25, 0.3) is 11.2 Å². The molecule has 0 spiro atoms. The third kappa shape index (κ3) is 2.80. The normalized spacial score (nSPS) is 11.6. The number of anilines is 1.